The van der Waals surface area contributed by atoms with E-state index >= 15 is 0 Å². The molecule has 0 saturated heterocycles. The zero-order chi connectivity index (χ0) is 15.4. The van der Waals surface area contributed by atoms with E-state index in [9.17, 15) is 4.79 Å². The van der Waals surface area contributed by atoms with Crippen LogP contribution in [0.25, 0.3) is 0 Å². The summed E-state index contributed by atoms with van der Waals surface area (Å²) in [5, 5.41) is 3.64. The molecule has 0 aliphatic rings. The molecule has 1 aromatic heterocycles. The Balaban J connectivity index is 1.92. The molecule has 7 heteroatoms. The molecule has 1 atom stereocenters. The van der Waals surface area contributed by atoms with Crippen molar-refractivity contribution in [1.29, 1.82) is 0 Å². The van der Waals surface area contributed by atoms with Gasteiger partial charge in [0.1, 0.15) is 11.6 Å². The number of nitrogens with one attached hydrogen (secondary N) is 1. The van der Waals surface area contributed by atoms with Crippen molar-refractivity contribution >= 4 is 29.1 Å². The normalized spacial score (nSPS) is 12.0. The summed E-state index contributed by atoms with van der Waals surface area (Å²) < 4.78 is 7.37. The van der Waals surface area contributed by atoms with Gasteiger partial charge in [-0.2, -0.15) is 0 Å². The van der Waals surface area contributed by atoms with Crippen molar-refractivity contribution in [3.63, 3.8) is 0 Å². The lowest BCUT2D eigenvalue weighted by molar-refractivity contribution is -0.127. The average molecular weight is 328 g/mol. The third-order valence-electron chi connectivity index (χ3n) is 2.91. The number of halogens is 2. The summed E-state index contributed by atoms with van der Waals surface area (Å²) in [4.78, 5) is 16.1. The summed E-state index contributed by atoms with van der Waals surface area (Å²) in [6.07, 6.45) is 2.81. The van der Waals surface area contributed by atoms with Gasteiger partial charge >= 0.3 is 0 Å². The molecular weight excluding hydrogens is 313 g/mol. The summed E-state index contributed by atoms with van der Waals surface area (Å²) in [6.45, 7) is 1.99. The summed E-state index contributed by atoms with van der Waals surface area (Å²) in [5.74, 6) is 0.935. The van der Waals surface area contributed by atoms with E-state index in [0.717, 1.165) is 5.82 Å². The van der Waals surface area contributed by atoms with Crippen LogP contribution in [0.4, 0.5) is 0 Å². The Morgan fingerprint density at radius 3 is 2.86 bits per heavy atom. The van der Waals surface area contributed by atoms with Crippen LogP contribution in [0.5, 0.6) is 5.75 Å². The Labute approximate surface area is 132 Å². The number of hydrogen-bond donors (Lipinski definition) is 1. The van der Waals surface area contributed by atoms with Gasteiger partial charge in [-0.1, -0.05) is 23.2 Å². The minimum absolute atomic E-state index is 0.246. The maximum atomic E-state index is 12.0. The smallest absolute Gasteiger partial charge is 0.261 e. The number of aryl methyl sites for hydroxylation is 1. The van der Waals surface area contributed by atoms with Crippen LogP contribution in [0.1, 0.15) is 12.7 Å². The Bertz CT molecular complexity index is 643. The number of benzene rings is 1. The monoisotopic (exact) mass is 327 g/mol. The first-order valence-corrected chi connectivity index (χ1v) is 7.08. The van der Waals surface area contributed by atoms with E-state index in [4.69, 9.17) is 27.9 Å². The first-order chi connectivity index (χ1) is 9.97. The molecule has 1 aromatic carbocycles. The van der Waals surface area contributed by atoms with Gasteiger partial charge in [0.05, 0.1) is 11.6 Å². The molecule has 0 aliphatic carbocycles. The van der Waals surface area contributed by atoms with E-state index in [0.29, 0.717) is 22.3 Å². The lowest BCUT2D eigenvalue weighted by atomic mass is 10.3. The van der Waals surface area contributed by atoms with Gasteiger partial charge in [0.2, 0.25) is 0 Å². The minimum atomic E-state index is -0.677. The van der Waals surface area contributed by atoms with Gasteiger partial charge in [0.25, 0.3) is 5.91 Å². The molecule has 2 rings (SSSR count). The van der Waals surface area contributed by atoms with Crippen molar-refractivity contribution < 1.29 is 9.53 Å². The lowest BCUT2D eigenvalue weighted by Crippen LogP contribution is -2.36. The van der Waals surface area contributed by atoms with Crippen LogP contribution in [0.3, 0.4) is 0 Å². The number of amides is 1. The van der Waals surface area contributed by atoms with Crippen LogP contribution in [-0.4, -0.2) is 21.6 Å². The van der Waals surface area contributed by atoms with Crippen molar-refractivity contribution in [3.8, 4) is 5.75 Å². The molecule has 1 N–H and O–H groups in total. The molecular formula is C14H15Cl2N3O2. The third kappa shape index (κ3) is 4.12. The molecule has 2 aromatic rings. The molecule has 0 saturated carbocycles. The maximum absolute atomic E-state index is 12.0. The van der Waals surface area contributed by atoms with Crippen molar-refractivity contribution in [2.45, 2.75) is 19.6 Å². The number of ether oxygens (including phenoxy) is 1. The molecule has 5 nitrogen and oxygen atoms in total. The van der Waals surface area contributed by atoms with Crippen LogP contribution in [0.15, 0.2) is 30.6 Å². The van der Waals surface area contributed by atoms with Gasteiger partial charge in [-0.3, -0.25) is 4.79 Å². The molecule has 112 valence electrons. The number of rotatable bonds is 5. The fourth-order valence-electron chi connectivity index (χ4n) is 1.69. The SMILES string of the molecule is CC(Oc1ccc(Cl)cc1Cl)C(=O)NCc1nccn1C. The largest absolute Gasteiger partial charge is 0.479 e. The fourth-order valence-corrected chi connectivity index (χ4v) is 2.14. The highest BCUT2D eigenvalue weighted by atomic mass is 35.5. The molecule has 1 heterocycles. The number of aromatic nitrogens is 2. The summed E-state index contributed by atoms with van der Waals surface area (Å²) in [7, 11) is 1.86. The van der Waals surface area contributed by atoms with Crippen LogP contribution >= 0.6 is 23.2 Å². The molecule has 1 amide bonds. The van der Waals surface area contributed by atoms with Gasteiger partial charge in [-0.15, -0.1) is 0 Å². The Morgan fingerprint density at radius 2 is 2.24 bits per heavy atom. The average Bonchev–Trinajstić information content (AvgIpc) is 2.84. The maximum Gasteiger partial charge on any atom is 0.261 e. The predicted molar refractivity (Wildman–Crippen MR) is 81.6 cm³/mol. The first kappa shape index (κ1) is 15.7. The minimum Gasteiger partial charge on any atom is -0.479 e. The quantitative estimate of drug-likeness (QED) is 0.918. The van der Waals surface area contributed by atoms with E-state index in [2.05, 4.69) is 10.3 Å². The van der Waals surface area contributed by atoms with Gasteiger partial charge in [-0.05, 0) is 25.1 Å². The molecule has 21 heavy (non-hydrogen) atoms. The molecule has 1 unspecified atom stereocenters. The highest BCUT2D eigenvalue weighted by Gasteiger charge is 2.16. The Hall–Kier alpha value is -1.72. The lowest BCUT2D eigenvalue weighted by Gasteiger charge is -2.15. The van der Waals surface area contributed by atoms with Crippen molar-refractivity contribution in [3.05, 3.63) is 46.5 Å². The van der Waals surface area contributed by atoms with Crippen molar-refractivity contribution in [1.82, 2.24) is 14.9 Å². The number of nitrogens with zero attached hydrogens (tertiary/aromatic N) is 2. The Kier molecular flexibility index (Phi) is 5.09. The fraction of sp³-hybridized carbons (Fsp3) is 0.286. The van der Waals surface area contributed by atoms with E-state index in [1.165, 1.54) is 0 Å². The van der Waals surface area contributed by atoms with Crippen LogP contribution in [0.2, 0.25) is 10.0 Å². The second kappa shape index (κ2) is 6.83. The first-order valence-electron chi connectivity index (χ1n) is 6.33. The third-order valence-corrected chi connectivity index (χ3v) is 3.44. The van der Waals surface area contributed by atoms with Crippen molar-refractivity contribution in [2.24, 2.45) is 7.05 Å². The summed E-state index contributed by atoms with van der Waals surface area (Å²) in [6, 6.07) is 4.85. The molecule has 0 spiro atoms. The van der Waals surface area contributed by atoms with Crippen molar-refractivity contribution in [2.75, 3.05) is 0 Å². The standard InChI is InChI=1S/C14H15Cl2N3O2/c1-9(21-12-4-3-10(15)7-11(12)16)14(20)18-8-13-17-5-6-19(13)2/h3-7,9H,8H2,1-2H3,(H,18,20). The number of carbonyl (C=O) groups is 1. The molecule has 0 aliphatic heterocycles. The van der Waals surface area contributed by atoms with Crippen LogP contribution in [-0.2, 0) is 18.4 Å². The van der Waals surface area contributed by atoms with Crippen LogP contribution in [0, 0.1) is 0 Å². The highest BCUT2D eigenvalue weighted by Crippen LogP contribution is 2.28. The predicted octanol–water partition coefficient (Wildman–Crippen LogP) is 2.81. The molecule has 0 radical (unpaired) electrons. The zero-order valence-electron chi connectivity index (χ0n) is 11.6. The van der Waals surface area contributed by atoms with E-state index < -0.39 is 6.10 Å². The number of hydrogen-bond acceptors (Lipinski definition) is 3. The van der Waals surface area contributed by atoms with E-state index in [-0.39, 0.29) is 5.91 Å². The highest BCUT2D eigenvalue weighted by molar-refractivity contribution is 6.35. The van der Waals surface area contributed by atoms with Gasteiger partial charge in [0.15, 0.2) is 6.10 Å². The Morgan fingerprint density at radius 1 is 1.48 bits per heavy atom. The van der Waals surface area contributed by atoms with Crippen LogP contribution < -0.4 is 10.1 Å². The summed E-state index contributed by atoms with van der Waals surface area (Å²) in [5.41, 5.74) is 0. The second-order valence-corrected chi connectivity index (χ2v) is 5.35. The number of imidazole rings is 1. The topological polar surface area (TPSA) is 56.1 Å². The van der Waals surface area contributed by atoms with Gasteiger partial charge in [-0.25, -0.2) is 4.98 Å². The zero-order valence-corrected chi connectivity index (χ0v) is 13.1. The van der Waals surface area contributed by atoms with E-state index in [1.54, 1.807) is 31.3 Å². The van der Waals surface area contributed by atoms with Gasteiger partial charge in [0, 0.05) is 24.5 Å². The molecule has 0 bridgehead atoms. The van der Waals surface area contributed by atoms with Gasteiger partial charge < -0.3 is 14.6 Å². The molecule has 0 fully saturated rings. The second-order valence-electron chi connectivity index (χ2n) is 4.51. The summed E-state index contributed by atoms with van der Waals surface area (Å²) >= 11 is 11.8. The van der Waals surface area contributed by atoms with E-state index in [1.807, 2.05) is 17.8 Å². The number of carbonyl (C=O) groups excluding carboxylic acids is 1.